The van der Waals surface area contributed by atoms with Gasteiger partial charge in [-0.2, -0.15) is 0 Å². The normalized spacial score (nSPS) is 11.9. The number of H-pyrrole nitrogens is 1. The van der Waals surface area contributed by atoms with E-state index < -0.39 is 35.4 Å². The van der Waals surface area contributed by atoms with Crippen LogP contribution in [0.15, 0.2) is 10.9 Å². The molecular formula is C8H5BrF5NO2. The van der Waals surface area contributed by atoms with Gasteiger partial charge in [0.15, 0.2) is 0 Å². The topological polar surface area (TPSA) is 42.1 Å². The van der Waals surface area contributed by atoms with Crippen molar-refractivity contribution in [3.8, 4) is 5.75 Å². The van der Waals surface area contributed by atoms with Crippen LogP contribution in [0, 0.1) is 0 Å². The molecule has 17 heavy (non-hydrogen) atoms. The molecule has 0 aromatic carbocycles. The van der Waals surface area contributed by atoms with Crippen molar-refractivity contribution in [2.45, 2.75) is 18.1 Å². The fraction of sp³-hybridized carbons (Fsp3) is 0.375. The van der Waals surface area contributed by atoms with E-state index in [4.69, 9.17) is 0 Å². The molecule has 0 saturated carbocycles. The molecule has 0 saturated heterocycles. The van der Waals surface area contributed by atoms with Crippen LogP contribution in [0.5, 0.6) is 5.75 Å². The van der Waals surface area contributed by atoms with Gasteiger partial charge in [-0.05, 0) is 0 Å². The average molecular weight is 322 g/mol. The largest absolute Gasteiger partial charge is 0.573 e. The van der Waals surface area contributed by atoms with Gasteiger partial charge in [0.1, 0.15) is 5.75 Å². The van der Waals surface area contributed by atoms with Crippen LogP contribution in [-0.2, 0) is 5.33 Å². The summed E-state index contributed by atoms with van der Waals surface area (Å²) in [4.78, 5) is 13.0. The molecule has 9 heteroatoms. The van der Waals surface area contributed by atoms with Crippen molar-refractivity contribution in [3.63, 3.8) is 0 Å². The van der Waals surface area contributed by atoms with Gasteiger partial charge in [0, 0.05) is 11.4 Å². The van der Waals surface area contributed by atoms with Gasteiger partial charge in [-0.25, -0.2) is 8.78 Å². The highest BCUT2D eigenvalue weighted by molar-refractivity contribution is 9.08. The Morgan fingerprint density at radius 2 is 2.00 bits per heavy atom. The van der Waals surface area contributed by atoms with Crippen molar-refractivity contribution in [3.05, 3.63) is 27.7 Å². The van der Waals surface area contributed by atoms with Gasteiger partial charge >= 0.3 is 6.36 Å². The Balaban J connectivity index is 3.29. The van der Waals surface area contributed by atoms with Crippen molar-refractivity contribution < 1.29 is 26.7 Å². The van der Waals surface area contributed by atoms with Gasteiger partial charge in [-0.15, -0.1) is 13.2 Å². The number of ether oxygens (including phenoxy) is 1. The summed E-state index contributed by atoms with van der Waals surface area (Å²) in [7, 11) is 0. The van der Waals surface area contributed by atoms with Crippen molar-refractivity contribution in [2.24, 2.45) is 0 Å². The van der Waals surface area contributed by atoms with Crippen LogP contribution in [-0.4, -0.2) is 11.3 Å². The van der Waals surface area contributed by atoms with E-state index in [1.807, 2.05) is 0 Å². The maximum atomic E-state index is 12.3. The van der Waals surface area contributed by atoms with Gasteiger partial charge in [-0.1, -0.05) is 15.9 Å². The molecule has 3 nitrogen and oxygen atoms in total. The predicted molar refractivity (Wildman–Crippen MR) is 51.3 cm³/mol. The smallest absolute Gasteiger partial charge is 0.405 e. The highest BCUT2D eigenvalue weighted by Gasteiger charge is 2.33. The lowest BCUT2D eigenvalue weighted by Gasteiger charge is -2.12. The van der Waals surface area contributed by atoms with Gasteiger partial charge in [-0.3, -0.25) is 4.79 Å². The second kappa shape index (κ2) is 5.03. The second-order valence-corrected chi connectivity index (χ2v) is 3.44. The molecule has 0 radical (unpaired) electrons. The minimum absolute atomic E-state index is 0.253. The molecule has 0 spiro atoms. The van der Waals surface area contributed by atoms with Crippen LogP contribution in [0.4, 0.5) is 22.0 Å². The van der Waals surface area contributed by atoms with Crippen LogP contribution in [0.1, 0.15) is 17.7 Å². The summed E-state index contributed by atoms with van der Waals surface area (Å²) in [5, 5.41) is -0.253. The number of rotatable bonds is 3. The van der Waals surface area contributed by atoms with Crippen LogP contribution in [0.3, 0.4) is 0 Å². The van der Waals surface area contributed by atoms with Crippen LogP contribution >= 0.6 is 15.9 Å². The summed E-state index contributed by atoms with van der Waals surface area (Å²) in [6, 6.07) is 0.455. The number of aromatic nitrogens is 1. The number of hydrogen-bond donors (Lipinski definition) is 1. The fourth-order valence-electron chi connectivity index (χ4n) is 1.04. The average Bonchev–Trinajstić information content (AvgIpc) is 2.14. The maximum absolute atomic E-state index is 12.3. The Morgan fingerprint density at radius 3 is 2.41 bits per heavy atom. The zero-order chi connectivity index (χ0) is 13.2. The Morgan fingerprint density at radius 1 is 1.41 bits per heavy atom. The minimum Gasteiger partial charge on any atom is -0.405 e. The Kier molecular flexibility index (Phi) is 4.12. The monoisotopic (exact) mass is 321 g/mol. The SMILES string of the molecule is O=c1[nH]c(C(F)F)cc(OC(F)(F)F)c1CBr. The van der Waals surface area contributed by atoms with Gasteiger partial charge in [0.2, 0.25) is 0 Å². The van der Waals surface area contributed by atoms with Crippen LogP contribution in [0.2, 0.25) is 0 Å². The number of alkyl halides is 6. The zero-order valence-corrected chi connectivity index (χ0v) is 9.53. The lowest BCUT2D eigenvalue weighted by molar-refractivity contribution is -0.275. The Labute approximate surface area is 99.7 Å². The first-order chi connectivity index (χ1) is 7.74. The zero-order valence-electron chi connectivity index (χ0n) is 7.95. The highest BCUT2D eigenvalue weighted by atomic mass is 79.9. The lowest BCUT2D eigenvalue weighted by Crippen LogP contribution is -2.22. The van der Waals surface area contributed by atoms with E-state index in [0.717, 1.165) is 0 Å². The molecule has 1 aromatic heterocycles. The fourth-order valence-corrected chi connectivity index (χ4v) is 1.57. The minimum atomic E-state index is -5.05. The number of pyridine rings is 1. The van der Waals surface area contributed by atoms with Crippen molar-refractivity contribution in [2.75, 3.05) is 0 Å². The van der Waals surface area contributed by atoms with E-state index in [9.17, 15) is 26.7 Å². The van der Waals surface area contributed by atoms with Crippen molar-refractivity contribution in [1.29, 1.82) is 0 Å². The van der Waals surface area contributed by atoms with E-state index in [-0.39, 0.29) is 5.33 Å². The lowest BCUT2D eigenvalue weighted by atomic mass is 10.2. The van der Waals surface area contributed by atoms with E-state index in [1.165, 1.54) is 0 Å². The van der Waals surface area contributed by atoms with Crippen LogP contribution in [0.25, 0.3) is 0 Å². The van der Waals surface area contributed by atoms with Crippen LogP contribution < -0.4 is 10.3 Å². The number of nitrogens with one attached hydrogen (secondary N) is 1. The third kappa shape index (κ3) is 3.69. The first kappa shape index (κ1) is 13.9. The van der Waals surface area contributed by atoms with Gasteiger partial charge < -0.3 is 9.72 Å². The summed E-state index contributed by atoms with van der Waals surface area (Å²) >= 11 is 2.77. The number of hydrogen-bond acceptors (Lipinski definition) is 2. The molecule has 0 unspecified atom stereocenters. The molecule has 96 valence electrons. The molecule has 0 bridgehead atoms. The molecule has 0 amide bonds. The summed E-state index contributed by atoms with van der Waals surface area (Å²) in [5.41, 5.74) is -2.40. The van der Waals surface area contributed by atoms with E-state index in [2.05, 4.69) is 20.7 Å². The molecule has 0 aliphatic rings. The number of aromatic amines is 1. The standard InChI is InChI=1S/C8H5BrF5NO2/c9-2-3-5(17-8(12,13)14)1-4(6(10)11)15-7(3)16/h1,6H,2H2,(H,15,16). The molecule has 0 aliphatic heterocycles. The summed E-state index contributed by atoms with van der Waals surface area (Å²) in [6.07, 6.45) is -8.15. The molecule has 1 heterocycles. The summed E-state index contributed by atoms with van der Waals surface area (Å²) in [5.74, 6) is -0.937. The first-order valence-electron chi connectivity index (χ1n) is 4.10. The third-order valence-electron chi connectivity index (χ3n) is 1.71. The summed E-state index contributed by atoms with van der Waals surface area (Å²) < 4.78 is 64.0. The second-order valence-electron chi connectivity index (χ2n) is 2.88. The van der Waals surface area contributed by atoms with Gasteiger partial charge in [0.05, 0.1) is 11.3 Å². The van der Waals surface area contributed by atoms with E-state index >= 15 is 0 Å². The maximum Gasteiger partial charge on any atom is 0.573 e. The van der Waals surface area contributed by atoms with E-state index in [0.29, 0.717) is 6.07 Å². The molecule has 0 aliphatic carbocycles. The molecule has 1 N–H and O–H groups in total. The molecule has 0 fully saturated rings. The first-order valence-corrected chi connectivity index (χ1v) is 5.22. The number of halogens is 6. The van der Waals surface area contributed by atoms with Crippen molar-refractivity contribution in [1.82, 2.24) is 4.98 Å². The molecular weight excluding hydrogens is 317 g/mol. The van der Waals surface area contributed by atoms with E-state index in [1.54, 1.807) is 4.98 Å². The quantitative estimate of drug-likeness (QED) is 0.686. The Bertz CT molecular complexity index is 456. The summed E-state index contributed by atoms with van der Waals surface area (Å²) in [6.45, 7) is 0. The molecule has 0 atom stereocenters. The molecule has 1 rings (SSSR count). The molecule has 1 aromatic rings. The highest BCUT2D eigenvalue weighted by Crippen LogP contribution is 2.28. The Hall–Kier alpha value is -1.12. The van der Waals surface area contributed by atoms with Crippen molar-refractivity contribution >= 4 is 15.9 Å². The third-order valence-corrected chi connectivity index (χ3v) is 2.27. The van der Waals surface area contributed by atoms with Gasteiger partial charge in [0.25, 0.3) is 12.0 Å². The predicted octanol–water partition coefficient (Wildman–Crippen LogP) is 3.11.